The number of nitrogens with one attached hydrogen (secondary N) is 1. The number of amides is 2. The molecule has 0 fully saturated rings. The average molecular weight is 352 g/mol. The second-order valence-corrected chi connectivity index (χ2v) is 6.05. The molecule has 1 heterocycles. The van der Waals surface area contributed by atoms with E-state index in [1.807, 2.05) is 35.2 Å². The van der Waals surface area contributed by atoms with Crippen LogP contribution in [0.2, 0.25) is 0 Å². The molecule has 0 spiro atoms. The number of rotatable bonds is 4. The molecule has 3 rings (SSSR count). The van der Waals surface area contributed by atoms with Crippen LogP contribution in [0.4, 0.5) is 0 Å². The van der Waals surface area contributed by atoms with Gasteiger partial charge in [0.15, 0.2) is 0 Å². The largest absolute Gasteiger partial charge is 0.497 e. The van der Waals surface area contributed by atoms with E-state index in [2.05, 4.69) is 0 Å². The summed E-state index contributed by atoms with van der Waals surface area (Å²) in [5, 5.41) is 8.52. The first-order valence-electron chi connectivity index (χ1n) is 8.28. The van der Waals surface area contributed by atoms with E-state index in [0.717, 1.165) is 23.1 Å². The van der Waals surface area contributed by atoms with Gasteiger partial charge in [-0.3, -0.25) is 14.8 Å². The molecular formula is C20H20N2O4. The van der Waals surface area contributed by atoms with Crippen LogP contribution in [0.3, 0.4) is 0 Å². The maximum Gasteiger partial charge on any atom is 0.267 e. The van der Waals surface area contributed by atoms with E-state index >= 15 is 0 Å². The molecular weight excluding hydrogens is 332 g/mol. The fourth-order valence-electron chi connectivity index (χ4n) is 3.00. The third-order valence-electron chi connectivity index (χ3n) is 4.38. The Kier molecular flexibility index (Phi) is 5.34. The summed E-state index contributed by atoms with van der Waals surface area (Å²) >= 11 is 0. The smallest absolute Gasteiger partial charge is 0.267 e. The number of hydrogen-bond acceptors (Lipinski definition) is 4. The number of hydrogen-bond donors (Lipinski definition) is 2. The number of carbonyl (C=O) groups is 2. The Balaban J connectivity index is 1.74. The first-order chi connectivity index (χ1) is 12.6. The monoisotopic (exact) mass is 352 g/mol. The van der Waals surface area contributed by atoms with Crippen LogP contribution in [0, 0.1) is 0 Å². The molecule has 1 aliphatic heterocycles. The fourth-order valence-corrected chi connectivity index (χ4v) is 3.00. The fraction of sp³-hybridized carbons (Fsp3) is 0.200. The number of ether oxygens (including phenoxy) is 1. The molecule has 6 nitrogen and oxygen atoms in total. The number of carbonyl (C=O) groups excluding carboxylic acids is 2. The van der Waals surface area contributed by atoms with Gasteiger partial charge in [-0.2, -0.15) is 0 Å². The first kappa shape index (κ1) is 17.7. The van der Waals surface area contributed by atoms with Crippen molar-refractivity contribution in [1.29, 1.82) is 0 Å². The maximum absolute atomic E-state index is 12.7. The van der Waals surface area contributed by atoms with Gasteiger partial charge in [-0.05, 0) is 47.4 Å². The lowest BCUT2D eigenvalue weighted by molar-refractivity contribution is -0.124. The molecule has 0 saturated carbocycles. The van der Waals surface area contributed by atoms with Crippen molar-refractivity contribution >= 4 is 17.9 Å². The number of methoxy groups -OCH3 is 1. The van der Waals surface area contributed by atoms with Crippen molar-refractivity contribution in [2.75, 3.05) is 13.7 Å². The molecule has 6 heteroatoms. The lowest BCUT2D eigenvalue weighted by atomic mass is 9.96. The quantitative estimate of drug-likeness (QED) is 0.503. The molecule has 134 valence electrons. The van der Waals surface area contributed by atoms with Gasteiger partial charge in [0.2, 0.25) is 0 Å². The van der Waals surface area contributed by atoms with E-state index < -0.39 is 5.91 Å². The number of hydroxylamine groups is 1. The van der Waals surface area contributed by atoms with Crippen LogP contribution < -0.4 is 10.2 Å². The van der Waals surface area contributed by atoms with E-state index in [0.29, 0.717) is 24.4 Å². The molecule has 2 amide bonds. The Morgan fingerprint density at radius 3 is 2.81 bits per heavy atom. The number of fused-ring (bicyclic) bond motifs is 1. The molecule has 26 heavy (non-hydrogen) atoms. The van der Waals surface area contributed by atoms with Crippen LogP contribution in [-0.4, -0.2) is 35.6 Å². The summed E-state index contributed by atoms with van der Waals surface area (Å²) in [6.07, 6.45) is 3.65. The molecule has 0 saturated heterocycles. The van der Waals surface area contributed by atoms with Gasteiger partial charge in [-0.1, -0.05) is 24.3 Å². The molecule has 2 aromatic rings. The zero-order chi connectivity index (χ0) is 18.5. The Morgan fingerprint density at radius 1 is 1.19 bits per heavy atom. The summed E-state index contributed by atoms with van der Waals surface area (Å²) in [5.41, 5.74) is 5.30. The van der Waals surface area contributed by atoms with Gasteiger partial charge >= 0.3 is 0 Å². The van der Waals surface area contributed by atoms with E-state index in [1.165, 1.54) is 6.08 Å². The first-order valence-corrected chi connectivity index (χ1v) is 8.28. The Labute approximate surface area is 151 Å². The van der Waals surface area contributed by atoms with Gasteiger partial charge in [-0.25, -0.2) is 5.48 Å². The summed E-state index contributed by atoms with van der Waals surface area (Å²) in [4.78, 5) is 25.6. The lowest BCUT2D eigenvalue weighted by Gasteiger charge is -2.29. The van der Waals surface area contributed by atoms with Crippen molar-refractivity contribution in [1.82, 2.24) is 10.4 Å². The lowest BCUT2D eigenvalue weighted by Crippen LogP contribution is -2.36. The van der Waals surface area contributed by atoms with Gasteiger partial charge < -0.3 is 9.64 Å². The van der Waals surface area contributed by atoms with Gasteiger partial charge in [0.25, 0.3) is 11.8 Å². The number of benzene rings is 2. The van der Waals surface area contributed by atoms with Crippen LogP contribution in [0.1, 0.15) is 27.0 Å². The van der Waals surface area contributed by atoms with Crippen molar-refractivity contribution in [2.24, 2.45) is 0 Å². The van der Waals surface area contributed by atoms with Crippen molar-refractivity contribution in [3.05, 3.63) is 70.8 Å². The molecule has 0 radical (unpaired) electrons. The highest BCUT2D eigenvalue weighted by Crippen LogP contribution is 2.23. The third kappa shape index (κ3) is 3.92. The SMILES string of the molecule is COc1cccc(C(=O)N2CCc3cc(C=CC(=O)NO)ccc3C2)c1. The second-order valence-electron chi connectivity index (χ2n) is 6.05. The van der Waals surface area contributed by atoms with Crippen LogP contribution in [-0.2, 0) is 17.8 Å². The molecule has 0 unspecified atom stereocenters. The summed E-state index contributed by atoms with van der Waals surface area (Å²) in [6.45, 7) is 1.18. The highest BCUT2D eigenvalue weighted by Gasteiger charge is 2.22. The van der Waals surface area contributed by atoms with Gasteiger partial charge in [0.05, 0.1) is 7.11 Å². The van der Waals surface area contributed by atoms with E-state index in [4.69, 9.17) is 9.94 Å². The predicted octanol–water partition coefficient (Wildman–Crippen LogP) is 2.41. The molecule has 0 aromatic heterocycles. The zero-order valence-corrected chi connectivity index (χ0v) is 14.4. The minimum absolute atomic E-state index is 0.0156. The van der Waals surface area contributed by atoms with E-state index in [9.17, 15) is 9.59 Å². The Morgan fingerprint density at radius 2 is 2.04 bits per heavy atom. The van der Waals surface area contributed by atoms with E-state index in [1.54, 1.807) is 30.8 Å². The molecule has 0 aliphatic carbocycles. The normalized spacial score (nSPS) is 13.4. The molecule has 2 N–H and O–H groups in total. The third-order valence-corrected chi connectivity index (χ3v) is 4.38. The highest BCUT2D eigenvalue weighted by molar-refractivity contribution is 5.94. The van der Waals surface area contributed by atoms with Crippen molar-refractivity contribution in [2.45, 2.75) is 13.0 Å². The molecule has 2 aromatic carbocycles. The van der Waals surface area contributed by atoms with Crippen LogP contribution in [0.15, 0.2) is 48.5 Å². The predicted molar refractivity (Wildman–Crippen MR) is 96.8 cm³/mol. The summed E-state index contributed by atoms with van der Waals surface area (Å²) < 4.78 is 5.19. The van der Waals surface area contributed by atoms with Crippen molar-refractivity contribution in [3.63, 3.8) is 0 Å². The van der Waals surface area contributed by atoms with Gasteiger partial charge in [0, 0.05) is 24.7 Å². The summed E-state index contributed by atoms with van der Waals surface area (Å²) in [5.74, 6) is 0.0764. The van der Waals surface area contributed by atoms with Crippen molar-refractivity contribution in [3.8, 4) is 5.75 Å². The van der Waals surface area contributed by atoms with Crippen LogP contribution in [0.25, 0.3) is 6.08 Å². The summed E-state index contributed by atoms with van der Waals surface area (Å²) in [7, 11) is 1.58. The Hall–Kier alpha value is -3.12. The summed E-state index contributed by atoms with van der Waals surface area (Å²) in [6, 6.07) is 13.0. The molecule has 1 aliphatic rings. The van der Waals surface area contributed by atoms with Gasteiger partial charge in [0.1, 0.15) is 5.75 Å². The zero-order valence-electron chi connectivity index (χ0n) is 14.4. The average Bonchev–Trinajstić information content (AvgIpc) is 2.70. The standard InChI is InChI=1S/C20H20N2O4/c1-26-18-4-2-3-16(12-18)20(24)22-10-9-15-11-14(5-7-17(15)13-22)6-8-19(23)21-25/h2-8,11-12,25H,9-10,13H2,1H3,(H,21,23). The van der Waals surface area contributed by atoms with E-state index in [-0.39, 0.29) is 5.91 Å². The minimum Gasteiger partial charge on any atom is -0.497 e. The van der Waals surface area contributed by atoms with Gasteiger partial charge in [-0.15, -0.1) is 0 Å². The second kappa shape index (κ2) is 7.84. The topological polar surface area (TPSA) is 78.9 Å². The molecule has 0 bridgehead atoms. The highest BCUT2D eigenvalue weighted by atomic mass is 16.5. The van der Waals surface area contributed by atoms with Crippen molar-refractivity contribution < 1.29 is 19.5 Å². The molecule has 0 atom stereocenters. The maximum atomic E-state index is 12.7. The van der Waals surface area contributed by atoms with Crippen LogP contribution in [0.5, 0.6) is 5.75 Å². The number of nitrogens with zero attached hydrogens (tertiary/aromatic N) is 1. The van der Waals surface area contributed by atoms with Crippen LogP contribution >= 0.6 is 0 Å². The minimum atomic E-state index is -0.571. The Bertz CT molecular complexity index is 861.